The first-order chi connectivity index (χ1) is 8.70. The predicted molar refractivity (Wildman–Crippen MR) is 79.1 cm³/mol. The Balaban J connectivity index is 2.13. The largest absolute Gasteiger partial charge is 0.308 e. The molecule has 2 unspecified atom stereocenters. The summed E-state index contributed by atoms with van der Waals surface area (Å²) in [6, 6.07) is 0. The maximum absolute atomic E-state index is 4.75. The molecular weight excluding hydrogens is 240 g/mol. The number of rotatable bonds is 4. The summed E-state index contributed by atoms with van der Waals surface area (Å²) in [5.41, 5.74) is 1.32. The molecule has 1 saturated carbocycles. The molecule has 1 aliphatic carbocycles. The van der Waals surface area contributed by atoms with Gasteiger partial charge in [-0.3, -0.25) is 0 Å². The van der Waals surface area contributed by atoms with Crippen molar-refractivity contribution in [1.82, 2.24) is 10.3 Å². The lowest BCUT2D eigenvalue weighted by Gasteiger charge is -2.30. The molecule has 0 aromatic carbocycles. The number of hydrogen-bond acceptors (Lipinski definition) is 3. The van der Waals surface area contributed by atoms with Gasteiger partial charge in [-0.2, -0.15) is 0 Å². The fraction of sp³-hybridized carbons (Fsp3) is 0.800. The molecule has 2 rings (SSSR count). The fourth-order valence-corrected chi connectivity index (χ4v) is 4.32. The minimum atomic E-state index is 0.154. The number of thiazole rings is 1. The smallest absolute Gasteiger partial charge is 0.113 e. The van der Waals surface area contributed by atoms with E-state index in [4.69, 9.17) is 4.98 Å². The van der Waals surface area contributed by atoms with E-state index in [0.29, 0.717) is 0 Å². The second-order valence-electron chi connectivity index (χ2n) is 5.71. The molecule has 1 aliphatic rings. The number of aromatic nitrogens is 1. The zero-order chi connectivity index (χ0) is 13.0. The Morgan fingerprint density at radius 3 is 2.89 bits per heavy atom. The first-order valence-corrected chi connectivity index (χ1v) is 8.19. The average molecular weight is 266 g/mol. The summed E-state index contributed by atoms with van der Waals surface area (Å²) in [6.07, 6.45) is 9.32. The van der Waals surface area contributed by atoms with Crippen molar-refractivity contribution in [1.29, 1.82) is 0 Å². The molecule has 1 N–H and O–H groups in total. The Morgan fingerprint density at radius 2 is 2.28 bits per heavy atom. The van der Waals surface area contributed by atoms with E-state index >= 15 is 0 Å². The van der Waals surface area contributed by atoms with Crippen LogP contribution in [0.5, 0.6) is 0 Å². The molecule has 0 bridgehead atoms. The molecule has 0 radical (unpaired) electrons. The molecule has 102 valence electrons. The zero-order valence-electron chi connectivity index (χ0n) is 12.0. The predicted octanol–water partition coefficient (Wildman–Crippen LogP) is 4.25. The minimum absolute atomic E-state index is 0.154. The summed E-state index contributed by atoms with van der Waals surface area (Å²) < 4.78 is 0. The van der Waals surface area contributed by atoms with E-state index in [9.17, 15) is 0 Å². The maximum Gasteiger partial charge on any atom is 0.113 e. The van der Waals surface area contributed by atoms with E-state index in [2.05, 4.69) is 31.6 Å². The standard InChI is InChI=1S/C15H26N2S/c1-4-6-13-7-5-9-15(16-3,10-8-13)14-17-12(2)11-18-14/h11,13,16H,4-10H2,1-3H3. The van der Waals surface area contributed by atoms with E-state index in [1.807, 2.05) is 11.3 Å². The molecule has 1 heterocycles. The van der Waals surface area contributed by atoms with E-state index in [-0.39, 0.29) is 5.54 Å². The van der Waals surface area contributed by atoms with Gasteiger partial charge in [-0.1, -0.05) is 32.6 Å². The van der Waals surface area contributed by atoms with Gasteiger partial charge in [0.2, 0.25) is 0 Å². The third-order valence-electron chi connectivity index (χ3n) is 4.40. The molecule has 2 nitrogen and oxygen atoms in total. The zero-order valence-corrected chi connectivity index (χ0v) is 12.8. The number of aryl methyl sites for hydroxylation is 1. The SMILES string of the molecule is CCCC1CCCC(NC)(c2nc(C)cs2)CC1. The Labute approximate surface area is 115 Å². The summed E-state index contributed by atoms with van der Waals surface area (Å²) in [5.74, 6) is 0.936. The van der Waals surface area contributed by atoms with Crippen molar-refractivity contribution >= 4 is 11.3 Å². The van der Waals surface area contributed by atoms with Crippen LogP contribution in [0.15, 0.2) is 5.38 Å². The molecule has 0 spiro atoms. The van der Waals surface area contributed by atoms with Crippen molar-refractivity contribution in [3.8, 4) is 0 Å². The van der Waals surface area contributed by atoms with Gasteiger partial charge in [-0.15, -0.1) is 11.3 Å². The summed E-state index contributed by atoms with van der Waals surface area (Å²) in [4.78, 5) is 4.75. The summed E-state index contributed by atoms with van der Waals surface area (Å²) in [5, 5.41) is 7.09. The highest BCUT2D eigenvalue weighted by molar-refractivity contribution is 7.09. The van der Waals surface area contributed by atoms with Gasteiger partial charge in [0.05, 0.1) is 5.54 Å². The van der Waals surface area contributed by atoms with Crippen LogP contribution in [-0.4, -0.2) is 12.0 Å². The quantitative estimate of drug-likeness (QED) is 0.824. The van der Waals surface area contributed by atoms with Crippen LogP contribution in [0, 0.1) is 12.8 Å². The fourth-order valence-electron chi connectivity index (χ4n) is 3.25. The summed E-state index contributed by atoms with van der Waals surface area (Å²) in [7, 11) is 2.11. The third kappa shape index (κ3) is 2.94. The molecule has 0 aliphatic heterocycles. The summed E-state index contributed by atoms with van der Waals surface area (Å²) >= 11 is 1.83. The first kappa shape index (κ1) is 14.0. The molecule has 1 aromatic rings. The molecule has 1 aromatic heterocycles. The lowest BCUT2D eigenvalue weighted by molar-refractivity contribution is 0.304. The number of nitrogens with one attached hydrogen (secondary N) is 1. The second kappa shape index (κ2) is 6.16. The van der Waals surface area contributed by atoms with E-state index in [0.717, 1.165) is 5.92 Å². The van der Waals surface area contributed by atoms with Crippen molar-refractivity contribution in [2.75, 3.05) is 7.05 Å². The van der Waals surface area contributed by atoms with E-state index in [1.54, 1.807) is 0 Å². The highest BCUT2D eigenvalue weighted by Gasteiger charge is 2.35. The minimum Gasteiger partial charge on any atom is -0.308 e. The maximum atomic E-state index is 4.75. The summed E-state index contributed by atoms with van der Waals surface area (Å²) in [6.45, 7) is 4.40. The monoisotopic (exact) mass is 266 g/mol. The Kier molecular flexibility index (Phi) is 4.79. The van der Waals surface area contributed by atoms with Crippen molar-refractivity contribution in [2.24, 2.45) is 5.92 Å². The number of nitrogens with zero attached hydrogens (tertiary/aromatic N) is 1. The third-order valence-corrected chi connectivity index (χ3v) is 5.56. The van der Waals surface area contributed by atoms with Gasteiger partial charge in [0.1, 0.15) is 5.01 Å². The van der Waals surface area contributed by atoms with Gasteiger partial charge in [-0.25, -0.2) is 4.98 Å². The van der Waals surface area contributed by atoms with Crippen LogP contribution in [0.4, 0.5) is 0 Å². The van der Waals surface area contributed by atoms with Crippen LogP contribution in [0.2, 0.25) is 0 Å². The molecule has 18 heavy (non-hydrogen) atoms. The van der Waals surface area contributed by atoms with Gasteiger partial charge in [0.25, 0.3) is 0 Å². The van der Waals surface area contributed by atoms with Gasteiger partial charge in [0, 0.05) is 11.1 Å². The Hall–Kier alpha value is -0.410. The van der Waals surface area contributed by atoms with Crippen LogP contribution in [0.1, 0.15) is 62.6 Å². The molecule has 1 fully saturated rings. The van der Waals surface area contributed by atoms with Gasteiger partial charge < -0.3 is 5.32 Å². The molecule has 2 atom stereocenters. The Bertz CT molecular complexity index is 374. The van der Waals surface area contributed by atoms with E-state index < -0.39 is 0 Å². The van der Waals surface area contributed by atoms with Crippen LogP contribution < -0.4 is 5.32 Å². The van der Waals surface area contributed by atoms with Crippen LogP contribution in [0.3, 0.4) is 0 Å². The lowest BCUT2D eigenvalue weighted by atomic mass is 9.89. The van der Waals surface area contributed by atoms with Crippen molar-refractivity contribution in [2.45, 2.75) is 64.3 Å². The molecule has 3 heteroatoms. The molecule has 0 amide bonds. The topological polar surface area (TPSA) is 24.9 Å². The van der Waals surface area contributed by atoms with Crippen molar-refractivity contribution < 1.29 is 0 Å². The Morgan fingerprint density at radius 1 is 1.44 bits per heavy atom. The van der Waals surface area contributed by atoms with Gasteiger partial charge in [-0.05, 0) is 39.2 Å². The van der Waals surface area contributed by atoms with E-state index in [1.165, 1.54) is 55.6 Å². The first-order valence-electron chi connectivity index (χ1n) is 7.31. The van der Waals surface area contributed by atoms with Crippen molar-refractivity contribution in [3.05, 3.63) is 16.1 Å². The van der Waals surface area contributed by atoms with Crippen LogP contribution >= 0.6 is 11.3 Å². The lowest BCUT2D eigenvalue weighted by Crippen LogP contribution is -2.39. The highest BCUT2D eigenvalue weighted by atomic mass is 32.1. The van der Waals surface area contributed by atoms with Gasteiger partial charge >= 0.3 is 0 Å². The second-order valence-corrected chi connectivity index (χ2v) is 6.57. The molecule has 0 saturated heterocycles. The normalized spacial score (nSPS) is 29.2. The molecular formula is C15H26N2S. The highest BCUT2D eigenvalue weighted by Crippen LogP contribution is 2.39. The van der Waals surface area contributed by atoms with Crippen molar-refractivity contribution in [3.63, 3.8) is 0 Å². The number of hydrogen-bond donors (Lipinski definition) is 1. The van der Waals surface area contributed by atoms with Crippen LogP contribution in [-0.2, 0) is 5.54 Å². The average Bonchev–Trinajstić information content (AvgIpc) is 2.70. The van der Waals surface area contributed by atoms with Gasteiger partial charge in [0.15, 0.2) is 0 Å². The van der Waals surface area contributed by atoms with Crippen LogP contribution in [0.25, 0.3) is 0 Å².